The number of rotatable bonds is 6. The molecule has 1 saturated carbocycles. The number of nitrogens with one attached hydrogen (secondary N) is 1. The predicted octanol–water partition coefficient (Wildman–Crippen LogP) is 3.29. The molecular weight excluding hydrogens is 198 g/mol. The van der Waals surface area contributed by atoms with Gasteiger partial charge in [-0.25, -0.2) is 0 Å². The van der Waals surface area contributed by atoms with Gasteiger partial charge in [0.05, 0.1) is 0 Å². The standard InChI is InChI=1S/C14H25NO/c1-4-5-10-15-13(16)14(11-12(2)3)8-6-7-9-14/h4,12H,1,5-11H2,2-3H3,(H,15,16). The molecule has 16 heavy (non-hydrogen) atoms. The van der Waals surface area contributed by atoms with Crippen molar-refractivity contribution in [3.8, 4) is 0 Å². The number of carbonyl (C=O) groups excluding carboxylic acids is 1. The normalized spacial score (nSPS) is 18.7. The first-order valence-corrected chi connectivity index (χ1v) is 6.50. The highest BCUT2D eigenvalue weighted by molar-refractivity contribution is 5.82. The van der Waals surface area contributed by atoms with E-state index in [2.05, 4.69) is 25.7 Å². The number of carbonyl (C=O) groups is 1. The summed E-state index contributed by atoms with van der Waals surface area (Å²) in [5, 5.41) is 3.06. The van der Waals surface area contributed by atoms with Crippen molar-refractivity contribution in [2.24, 2.45) is 11.3 Å². The van der Waals surface area contributed by atoms with Crippen molar-refractivity contribution in [1.82, 2.24) is 5.32 Å². The molecule has 0 saturated heterocycles. The lowest BCUT2D eigenvalue weighted by Crippen LogP contribution is -2.40. The van der Waals surface area contributed by atoms with E-state index in [4.69, 9.17) is 0 Å². The summed E-state index contributed by atoms with van der Waals surface area (Å²) in [4.78, 5) is 12.2. The Morgan fingerprint density at radius 1 is 1.44 bits per heavy atom. The second kappa shape index (κ2) is 6.07. The van der Waals surface area contributed by atoms with E-state index in [1.165, 1.54) is 12.8 Å². The number of hydrogen-bond acceptors (Lipinski definition) is 1. The Hall–Kier alpha value is -0.790. The molecule has 0 spiro atoms. The fourth-order valence-corrected chi connectivity index (χ4v) is 2.83. The lowest BCUT2D eigenvalue weighted by molar-refractivity contribution is -0.131. The molecule has 1 aliphatic carbocycles. The zero-order chi connectivity index (χ0) is 12.0. The van der Waals surface area contributed by atoms with Gasteiger partial charge in [0.1, 0.15) is 0 Å². The molecular formula is C14H25NO. The minimum Gasteiger partial charge on any atom is -0.355 e. The Bertz CT molecular complexity index is 239. The SMILES string of the molecule is C=CCCNC(=O)C1(CC(C)C)CCCC1. The Balaban J connectivity index is 2.54. The number of amides is 1. The van der Waals surface area contributed by atoms with E-state index in [-0.39, 0.29) is 11.3 Å². The zero-order valence-corrected chi connectivity index (χ0v) is 10.7. The van der Waals surface area contributed by atoms with Crippen molar-refractivity contribution >= 4 is 5.91 Å². The van der Waals surface area contributed by atoms with Gasteiger partial charge >= 0.3 is 0 Å². The Morgan fingerprint density at radius 2 is 2.06 bits per heavy atom. The van der Waals surface area contributed by atoms with Crippen LogP contribution in [0.3, 0.4) is 0 Å². The highest BCUT2D eigenvalue weighted by atomic mass is 16.2. The van der Waals surface area contributed by atoms with Crippen LogP contribution in [-0.4, -0.2) is 12.5 Å². The maximum Gasteiger partial charge on any atom is 0.226 e. The first-order valence-electron chi connectivity index (χ1n) is 6.50. The second-order valence-electron chi connectivity index (χ2n) is 5.42. The molecule has 0 aliphatic heterocycles. The summed E-state index contributed by atoms with van der Waals surface area (Å²) in [6.07, 6.45) is 8.32. The third-order valence-corrected chi connectivity index (χ3v) is 3.48. The van der Waals surface area contributed by atoms with E-state index >= 15 is 0 Å². The monoisotopic (exact) mass is 223 g/mol. The van der Waals surface area contributed by atoms with Crippen LogP contribution in [0.25, 0.3) is 0 Å². The van der Waals surface area contributed by atoms with Gasteiger partial charge in [-0.2, -0.15) is 0 Å². The van der Waals surface area contributed by atoms with Crippen molar-refractivity contribution in [3.05, 3.63) is 12.7 Å². The molecule has 0 unspecified atom stereocenters. The highest BCUT2D eigenvalue weighted by Gasteiger charge is 2.40. The minimum absolute atomic E-state index is 0.0602. The van der Waals surface area contributed by atoms with Crippen LogP contribution in [0.5, 0.6) is 0 Å². The maximum atomic E-state index is 12.2. The second-order valence-corrected chi connectivity index (χ2v) is 5.42. The third-order valence-electron chi connectivity index (χ3n) is 3.48. The van der Waals surface area contributed by atoms with Gasteiger partial charge in [-0.05, 0) is 31.6 Å². The molecule has 1 amide bonds. The Labute approximate surface area is 99.5 Å². The summed E-state index contributed by atoms with van der Waals surface area (Å²) in [6.45, 7) is 8.82. The van der Waals surface area contributed by atoms with E-state index in [1.807, 2.05) is 6.08 Å². The molecule has 92 valence electrons. The van der Waals surface area contributed by atoms with E-state index in [0.717, 1.165) is 32.2 Å². The molecule has 0 bridgehead atoms. The lowest BCUT2D eigenvalue weighted by Gasteiger charge is -2.29. The van der Waals surface area contributed by atoms with E-state index in [9.17, 15) is 4.79 Å². The predicted molar refractivity (Wildman–Crippen MR) is 68.2 cm³/mol. The molecule has 0 aromatic carbocycles. The first kappa shape index (κ1) is 13.3. The van der Waals surface area contributed by atoms with Crippen molar-refractivity contribution < 1.29 is 4.79 Å². The van der Waals surface area contributed by atoms with Crippen LogP contribution >= 0.6 is 0 Å². The van der Waals surface area contributed by atoms with Gasteiger partial charge in [0.25, 0.3) is 0 Å². The molecule has 1 rings (SSSR count). The fraction of sp³-hybridized carbons (Fsp3) is 0.786. The summed E-state index contributed by atoms with van der Waals surface area (Å²) < 4.78 is 0. The van der Waals surface area contributed by atoms with Crippen molar-refractivity contribution in [1.29, 1.82) is 0 Å². The summed E-state index contributed by atoms with van der Waals surface area (Å²) in [7, 11) is 0. The quantitative estimate of drug-likeness (QED) is 0.543. The van der Waals surface area contributed by atoms with Crippen molar-refractivity contribution in [2.45, 2.75) is 52.4 Å². The van der Waals surface area contributed by atoms with Crippen LogP contribution in [-0.2, 0) is 4.79 Å². The zero-order valence-electron chi connectivity index (χ0n) is 10.7. The molecule has 0 heterocycles. The van der Waals surface area contributed by atoms with Crippen LogP contribution in [0.1, 0.15) is 52.4 Å². The molecule has 0 atom stereocenters. The number of hydrogen-bond donors (Lipinski definition) is 1. The fourth-order valence-electron chi connectivity index (χ4n) is 2.83. The van der Waals surface area contributed by atoms with Gasteiger partial charge in [0.2, 0.25) is 5.91 Å². The summed E-state index contributed by atoms with van der Waals surface area (Å²) in [5.41, 5.74) is -0.0602. The molecule has 1 aliphatic rings. The highest BCUT2D eigenvalue weighted by Crippen LogP contribution is 2.43. The molecule has 1 fully saturated rings. The van der Waals surface area contributed by atoms with Crippen LogP contribution in [0, 0.1) is 11.3 Å². The van der Waals surface area contributed by atoms with Crippen LogP contribution in [0.15, 0.2) is 12.7 Å². The first-order chi connectivity index (χ1) is 7.60. The molecule has 2 nitrogen and oxygen atoms in total. The van der Waals surface area contributed by atoms with Gasteiger partial charge in [0.15, 0.2) is 0 Å². The summed E-state index contributed by atoms with van der Waals surface area (Å²) in [5.74, 6) is 0.879. The Kier molecular flexibility index (Phi) is 5.04. The van der Waals surface area contributed by atoms with E-state index < -0.39 is 0 Å². The molecule has 0 aromatic rings. The third kappa shape index (κ3) is 3.36. The average Bonchev–Trinajstić information content (AvgIpc) is 2.67. The average molecular weight is 223 g/mol. The largest absolute Gasteiger partial charge is 0.355 e. The van der Waals surface area contributed by atoms with E-state index in [0.29, 0.717) is 5.92 Å². The van der Waals surface area contributed by atoms with Gasteiger partial charge in [-0.3, -0.25) is 4.79 Å². The molecule has 0 radical (unpaired) electrons. The summed E-state index contributed by atoms with van der Waals surface area (Å²) >= 11 is 0. The van der Waals surface area contributed by atoms with Gasteiger partial charge in [-0.1, -0.05) is 32.8 Å². The summed E-state index contributed by atoms with van der Waals surface area (Å²) in [6, 6.07) is 0. The van der Waals surface area contributed by atoms with Gasteiger partial charge < -0.3 is 5.32 Å². The molecule has 1 N–H and O–H groups in total. The van der Waals surface area contributed by atoms with Crippen LogP contribution in [0.2, 0.25) is 0 Å². The minimum atomic E-state index is -0.0602. The van der Waals surface area contributed by atoms with E-state index in [1.54, 1.807) is 0 Å². The smallest absolute Gasteiger partial charge is 0.226 e. The topological polar surface area (TPSA) is 29.1 Å². The van der Waals surface area contributed by atoms with Crippen LogP contribution < -0.4 is 5.32 Å². The lowest BCUT2D eigenvalue weighted by atomic mass is 9.77. The Morgan fingerprint density at radius 3 is 2.56 bits per heavy atom. The molecule has 0 aromatic heterocycles. The molecule has 2 heteroatoms. The van der Waals surface area contributed by atoms with Crippen molar-refractivity contribution in [3.63, 3.8) is 0 Å². The van der Waals surface area contributed by atoms with Crippen molar-refractivity contribution in [2.75, 3.05) is 6.54 Å². The maximum absolute atomic E-state index is 12.2. The van der Waals surface area contributed by atoms with Crippen LogP contribution in [0.4, 0.5) is 0 Å². The van der Waals surface area contributed by atoms with Gasteiger partial charge in [0, 0.05) is 12.0 Å². The van der Waals surface area contributed by atoms with Gasteiger partial charge in [-0.15, -0.1) is 6.58 Å².